The number of fused-ring (bicyclic) bond motifs is 1. The van der Waals surface area contributed by atoms with Gasteiger partial charge in [-0.1, -0.05) is 6.07 Å². The number of amides is 1. The van der Waals surface area contributed by atoms with E-state index in [0.29, 0.717) is 10.8 Å². The Kier molecular flexibility index (Phi) is 4.61. The Morgan fingerprint density at radius 3 is 2.62 bits per heavy atom. The number of hydrogen-bond acceptors (Lipinski definition) is 6. The third-order valence-electron chi connectivity index (χ3n) is 3.98. The molecule has 2 heterocycles. The summed E-state index contributed by atoms with van der Waals surface area (Å²) in [6.45, 7) is 3.44. The third-order valence-corrected chi connectivity index (χ3v) is 3.98. The Balaban J connectivity index is 1.96. The van der Waals surface area contributed by atoms with Crippen LogP contribution in [-0.2, 0) is 11.3 Å². The number of carbonyl (C=O) groups excluding carboxylic acids is 1. The Labute approximate surface area is 147 Å². The van der Waals surface area contributed by atoms with E-state index < -0.39 is 17.3 Å². The lowest BCUT2D eigenvalue weighted by molar-refractivity contribution is -0.117. The number of rotatable bonds is 4. The SMILES string of the molecule is COc1nn(CC(=O)Nc2ncc(F)cn2)c(=O)c2ccc(C)c(C)c12. The van der Waals surface area contributed by atoms with Crippen molar-refractivity contribution in [3.63, 3.8) is 0 Å². The van der Waals surface area contributed by atoms with Crippen molar-refractivity contribution < 1.29 is 13.9 Å². The van der Waals surface area contributed by atoms with Crippen molar-refractivity contribution in [1.29, 1.82) is 0 Å². The van der Waals surface area contributed by atoms with Crippen LogP contribution >= 0.6 is 0 Å². The normalized spacial score (nSPS) is 10.8. The van der Waals surface area contributed by atoms with Gasteiger partial charge in [-0.3, -0.25) is 14.9 Å². The van der Waals surface area contributed by atoms with Gasteiger partial charge in [-0.25, -0.2) is 19.0 Å². The fraction of sp³-hybridized carbons (Fsp3) is 0.235. The number of halogens is 1. The van der Waals surface area contributed by atoms with Crippen molar-refractivity contribution in [2.24, 2.45) is 0 Å². The third kappa shape index (κ3) is 3.23. The zero-order chi connectivity index (χ0) is 18.8. The predicted molar refractivity (Wildman–Crippen MR) is 92.6 cm³/mol. The van der Waals surface area contributed by atoms with E-state index in [2.05, 4.69) is 20.4 Å². The number of aromatic nitrogens is 4. The molecule has 0 unspecified atom stereocenters. The first-order valence-electron chi connectivity index (χ1n) is 7.73. The minimum Gasteiger partial charge on any atom is -0.480 e. The van der Waals surface area contributed by atoms with Gasteiger partial charge in [-0.15, -0.1) is 5.10 Å². The molecule has 0 radical (unpaired) electrons. The van der Waals surface area contributed by atoms with Crippen molar-refractivity contribution in [3.05, 3.63) is 51.8 Å². The quantitative estimate of drug-likeness (QED) is 0.761. The molecule has 26 heavy (non-hydrogen) atoms. The van der Waals surface area contributed by atoms with Crippen LogP contribution in [0, 0.1) is 19.7 Å². The molecule has 1 N–H and O–H groups in total. The zero-order valence-electron chi connectivity index (χ0n) is 14.4. The summed E-state index contributed by atoms with van der Waals surface area (Å²) in [6.07, 6.45) is 1.86. The molecule has 2 aromatic heterocycles. The minimum absolute atomic E-state index is 0.0660. The molecule has 0 saturated carbocycles. The van der Waals surface area contributed by atoms with Crippen LogP contribution < -0.4 is 15.6 Å². The highest BCUT2D eigenvalue weighted by Crippen LogP contribution is 2.26. The number of carbonyl (C=O) groups is 1. The van der Waals surface area contributed by atoms with Crippen LogP contribution in [0.1, 0.15) is 11.1 Å². The molecule has 3 aromatic rings. The molecule has 9 heteroatoms. The Morgan fingerprint density at radius 2 is 1.96 bits per heavy atom. The van der Waals surface area contributed by atoms with Crippen molar-refractivity contribution in [1.82, 2.24) is 19.7 Å². The molecule has 1 aromatic carbocycles. The molecule has 0 bridgehead atoms. The van der Waals surface area contributed by atoms with E-state index >= 15 is 0 Å². The summed E-state index contributed by atoms with van der Waals surface area (Å²) < 4.78 is 19.1. The van der Waals surface area contributed by atoms with Gasteiger partial charge in [-0.2, -0.15) is 0 Å². The molecule has 0 saturated heterocycles. The van der Waals surface area contributed by atoms with Gasteiger partial charge in [0.2, 0.25) is 17.7 Å². The van der Waals surface area contributed by atoms with Crippen LogP contribution in [0.3, 0.4) is 0 Å². The highest BCUT2D eigenvalue weighted by atomic mass is 19.1. The van der Waals surface area contributed by atoms with Gasteiger partial charge in [0.25, 0.3) is 5.56 Å². The Hall–Kier alpha value is -3.36. The first kappa shape index (κ1) is 17.5. The minimum atomic E-state index is -0.620. The molecule has 1 amide bonds. The largest absolute Gasteiger partial charge is 0.480 e. The lowest BCUT2D eigenvalue weighted by atomic mass is 10.0. The second-order valence-corrected chi connectivity index (χ2v) is 5.68. The van der Waals surface area contributed by atoms with Crippen LogP contribution in [0.5, 0.6) is 5.88 Å². The lowest BCUT2D eigenvalue weighted by Crippen LogP contribution is -2.30. The molecule has 134 valence electrons. The van der Waals surface area contributed by atoms with E-state index in [0.717, 1.165) is 28.2 Å². The van der Waals surface area contributed by atoms with Crippen molar-refractivity contribution >= 4 is 22.6 Å². The van der Waals surface area contributed by atoms with Crippen LogP contribution in [-0.4, -0.2) is 32.8 Å². The summed E-state index contributed by atoms with van der Waals surface area (Å²) in [5.74, 6) is -1.00. The van der Waals surface area contributed by atoms with Gasteiger partial charge in [0.1, 0.15) is 6.54 Å². The summed E-state index contributed by atoms with van der Waals surface area (Å²) in [5.41, 5.74) is 1.47. The molecule has 0 fully saturated rings. The topological polar surface area (TPSA) is 99.0 Å². The zero-order valence-corrected chi connectivity index (χ0v) is 14.4. The number of benzene rings is 1. The van der Waals surface area contributed by atoms with E-state index in [1.165, 1.54) is 7.11 Å². The van der Waals surface area contributed by atoms with E-state index in [-0.39, 0.29) is 18.4 Å². The summed E-state index contributed by atoms with van der Waals surface area (Å²) in [5, 5.41) is 7.55. The van der Waals surface area contributed by atoms with E-state index in [4.69, 9.17) is 4.74 Å². The second kappa shape index (κ2) is 6.87. The summed E-state index contributed by atoms with van der Waals surface area (Å²) in [7, 11) is 1.45. The number of nitrogens with zero attached hydrogens (tertiary/aromatic N) is 4. The summed E-state index contributed by atoms with van der Waals surface area (Å²) in [6, 6.07) is 3.51. The fourth-order valence-electron chi connectivity index (χ4n) is 2.54. The molecule has 0 spiro atoms. The molecule has 0 aliphatic carbocycles. The molecule has 8 nitrogen and oxygen atoms in total. The average molecular weight is 357 g/mol. The van der Waals surface area contributed by atoms with Gasteiger partial charge in [0.15, 0.2) is 5.82 Å². The lowest BCUT2D eigenvalue weighted by Gasteiger charge is -2.12. The number of hydrogen-bond donors (Lipinski definition) is 1. The van der Waals surface area contributed by atoms with E-state index in [9.17, 15) is 14.0 Å². The van der Waals surface area contributed by atoms with Crippen LogP contribution in [0.4, 0.5) is 10.3 Å². The predicted octanol–water partition coefficient (Wildman–Crippen LogP) is 1.59. The number of nitrogens with one attached hydrogen (secondary N) is 1. The Morgan fingerprint density at radius 1 is 1.27 bits per heavy atom. The molecule has 0 aliphatic rings. The van der Waals surface area contributed by atoms with Gasteiger partial charge >= 0.3 is 0 Å². The first-order chi connectivity index (χ1) is 12.4. The maximum atomic E-state index is 12.8. The van der Waals surface area contributed by atoms with Crippen LogP contribution in [0.15, 0.2) is 29.3 Å². The molecule has 0 aliphatic heterocycles. The highest BCUT2D eigenvalue weighted by molar-refractivity contribution is 5.91. The monoisotopic (exact) mass is 357 g/mol. The maximum Gasteiger partial charge on any atom is 0.275 e. The second-order valence-electron chi connectivity index (χ2n) is 5.68. The average Bonchev–Trinajstić information content (AvgIpc) is 2.62. The standard InChI is InChI=1S/C17H16FN5O3/c1-9-4-5-12-14(10(9)2)15(26-3)22-23(16(12)25)8-13(24)21-17-19-6-11(18)7-20-17/h4-7H,8H2,1-3H3,(H,19,20,21,24). The van der Waals surface area contributed by atoms with Crippen molar-refractivity contribution in [3.8, 4) is 5.88 Å². The number of ether oxygens (including phenoxy) is 1. The molecule has 0 atom stereocenters. The van der Waals surface area contributed by atoms with Gasteiger partial charge in [-0.05, 0) is 31.0 Å². The summed E-state index contributed by atoms with van der Waals surface area (Å²) >= 11 is 0. The van der Waals surface area contributed by atoms with Crippen molar-refractivity contribution in [2.75, 3.05) is 12.4 Å². The number of aryl methyl sites for hydroxylation is 2. The van der Waals surface area contributed by atoms with Crippen molar-refractivity contribution in [2.45, 2.75) is 20.4 Å². The van der Waals surface area contributed by atoms with Crippen LogP contribution in [0.25, 0.3) is 10.8 Å². The highest BCUT2D eigenvalue weighted by Gasteiger charge is 2.16. The fourth-order valence-corrected chi connectivity index (χ4v) is 2.54. The van der Waals surface area contributed by atoms with E-state index in [1.54, 1.807) is 6.07 Å². The first-order valence-corrected chi connectivity index (χ1v) is 7.73. The summed E-state index contributed by atoms with van der Waals surface area (Å²) in [4.78, 5) is 32.1. The maximum absolute atomic E-state index is 12.8. The molecular weight excluding hydrogens is 341 g/mol. The number of anilines is 1. The van der Waals surface area contributed by atoms with Gasteiger partial charge in [0.05, 0.1) is 30.3 Å². The Bertz CT molecular complexity index is 1050. The van der Waals surface area contributed by atoms with E-state index in [1.807, 2.05) is 19.9 Å². The van der Waals surface area contributed by atoms with Gasteiger partial charge in [0, 0.05) is 0 Å². The molecular formula is C17H16FN5O3. The number of methoxy groups -OCH3 is 1. The van der Waals surface area contributed by atoms with Gasteiger partial charge < -0.3 is 4.74 Å². The van der Waals surface area contributed by atoms with Crippen LogP contribution in [0.2, 0.25) is 0 Å². The smallest absolute Gasteiger partial charge is 0.275 e. The molecule has 3 rings (SSSR count).